The third kappa shape index (κ3) is 6.65. The molecule has 8 heteroatoms. The highest BCUT2D eigenvalue weighted by molar-refractivity contribution is 5.81. The molecule has 2 aromatic carbocycles. The van der Waals surface area contributed by atoms with Gasteiger partial charge in [-0.15, -0.1) is 0 Å². The van der Waals surface area contributed by atoms with Crippen molar-refractivity contribution in [3.05, 3.63) is 70.6 Å². The minimum Gasteiger partial charge on any atom is -0.492 e. The van der Waals surface area contributed by atoms with Gasteiger partial charge in [-0.2, -0.15) is 5.10 Å². The number of hydrogen-bond donors (Lipinski definition) is 2. The van der Waals surface area contributed by atoms with E-state index in [2.05, 4.69) is 10.4 Å². The Morgan fingerprint density at radius 1 is 1.15 bits per heavy atom. The fourth-order valence-corrected chi connectivity index (χ4v) is 3.60. The first kappa shape index (κ1) is 25.4. The van der Waals surface area contributed by atoms with Gasteiger partial charge in [-0.25, -0.2) is 4.68 Å². The fourth-order valence-electron chi connectivity index (χ4n) is 3.60. The molecule has 0 bridgehead atoms. The SMILES string of the molecule is CCO[C@@H](Cc1ccc(OCCn2ncc3ccccc3c2=O)cc1)C(=O)NC(CO)C(C)C. The summed E-state index contributed by atoms with van der Waals surface area (Å²) >= 11 is 0. The van der Waals surface area contributed by atoms with Crippen LogP contribution >= 0.6 is 0 Å². The Morgan fingerprint density at radius 2 is 1.88 bits per heavy atom. The highest BCUT2D eigenvalue weighted by atomic mass is 16.5. The molecule has 3 aromatic rings. The van der Waals surface area contributed by atoms with Crippen LogP contribution in [0.2, 0.25) is 0 Å². The highest BCUT2D eigenvalue weighted by Crippen LogP contribution is 2.15. The monoisotopic (exact) mass is 467 g/mol. The Labute approximate surface area is 199 Å². The predicted molar refractivity (Wildman–Crippen MR) is 131 cm³/mol. The summed E-state index contributed by atoms with van der Waals surface area (Å²) in [6, 6.07) is 14.5. The number of aliphatic hydroxyl groups is 1. The standard InChI is InChI=1S/C26H33N3O5/c1-4-33-24(25(31)28-23(17-30)18(2)3)15-19-9-11-21(12-10-19)34-14-13-29-26(32)22-8-6-5-7-20(22)16-27-29/h5-12,16,18,23-24,30H,4,13-15,17H2,1-3H3,(H,28,31)/t23?,24-/m0/s1. The molecule has 0 aliphatic carbocycles. The highest BCUT2D eigenvalue weighted by Gasteiger charge is 2.23. The van der Waals surface area contributed by atoms with Crippen LogP contribution in [0.3, 0.4) is 0 Å². The van der Waals surface area contributed by atoms with E-state index in [9.17, 15) is 14.7 Å². The maximum Gasteiger partial charge on any atom is 0.274 e. The molecular formula is C26H33N3O5. The van der Waals surface area contributed by atoms with Crippen molar-refractivity contribution in [3.63, 3.8) is 0 Å². The van der Waals surface area contributed by atoms with Crippen LogP contribution < -0.4 is 15.6 Å². The van der Waals surface area contributed by atoms with Crippen molar-refractivity contribution in [1.82, 2.24) is 15.1 Å². The van der Waals surface area contributed by atoms with Crippen molar-refractivity contribution in [1.29, 1.82) is 0 Å². The van der Waals surface area contributed by atoms with Gasteiger partial charge in [0.15, 0.2) is 0 Å². The third-order valence-electron chi connectivity index (χ3n) is 5.67. The maximum absolute atomic E-state index is 12.7. The summed E-state index contributed by atoms with van der Waals surface area (Å²) in [7, 11) is 0. The zero-order chi connectivity index (χ0) is 24.5. The van der Waals surface area contributed by atoms with Gasteiger partial charge in [0.25, 0.3) is 5.56 Å². The van der Waals surface area contributed by atoms with E-state index in [-0.39, 0.29) is 30.0 Å². The van der Waals surface area contributed by atoms with Gasteiger partial charge in [0.1, 0.15) is 18.5 Å². The number of nitrogens with zero attached hydrogens (tertiary/aromatic N) is 2. The van der Waals surface area contributed by atoms with E-state index in [1.165, 1.54) is 4.68 Å². The number of aliphatic hydroxyl groups excluding tert-OH is 1. The molecule has 182 valence electrons. The summed E-state index contributed by atoms with van der Waals surface area (Å²) in [5.74, 6) is 0.548. The lowest BCUT2D eigenvalue weighted by Gasteiger charge is -2.24. The average Bonchev–Trinajstić information content (AvgIpc) is 2.84. The molecule has 0 radical (unpaired) electrons. The van der Waals surface area contributed by atoms with Crippen LogP contribution in [-0.4, -0.2) is 52.8 Å². The molecule has 0 spiro atoms. The number of benzene rings is 2. The average molecular weight is 468 g/mol. The zero-order valence-electron chi connectivity index (χ0n) is 19.9. The molecule has 1 heterocycles. The quantitative estimate of drug-likeness (QED) is 0.424. The molecule has 0 saturated heterocycles. The number of fused-ring (bicyclic) bond motifs is 1. The topological polar surface area (TPSA) is 103 Å². The van der Waals surface area contributed by atoms with Crippen molar-refractivity contribution in [2.75, 3.05) is 19.8 Å². The van der Waals surface area contributed by atoms with Gasteiger partial charge in [-0.05, 0) is 36.6 Å². The van der Waals surface area contributed by atoms with Crippen LogP contribution in [0.4, 0.5) is 0 Å². The van der Waals surface area contributed by atoms with Crippen LogP contribution in [0.15, 0.2) is 59.5 Å². The molecule has 0 fully saturated rings. The van der Waals surface area contributed by atoms with Gasteiger partial charge in [0.05, 0.1) is 30.8 Å². The van der Waals surface area contributed by atoms with Crippen molar-refractivity contribution >= 4 is 16.7 Å². The summed E-state index contributed by atoms with van der Waals surface area (Å²) in [6.07, 6.45) is 1.45. The number of amides is 1. The normalized spacial score (nSPS) is 13.1. The lowest BCUT2D eigenvalue weighted by molar-refractivity contribution is -0.133. The van der Waals surface area contributed by atoms with E-state index in [1.54, 1.807) is 12.3 Å². The molecule has 3 rings (SSSR count). The van der Waals surface area contributed by atoms with Crippen molar-refractivity contribution in [3.8, 4) is 5.75 Å². The number of carbonyl (C=O) groups excluding carboxylic acids is 1. The number of ether oxygens (including phenoxy) is 2. The third-order valence-corrected chi connectivity index (χ3v) is 5.67. The number of nitrogens with one attached hydrogen (secondary N) is 1. The molecule has 1 amide bonds. The van der Waals surface area contributed by atoms with Crippen LogP contribution in [-0.2, 0) is 22.5 Å². The van der Waals surface area contributed by atoms with E-state index >= 15 is 0 Å². The number of rotatable bonds is 12. The zero-order valence-corrected chi connectivity index (χ0v) is 19.9. The predicted octanol–water partition coefficient (Wildman–Crippen LogP) is 2.56. The van der Waals surface area contributed by atoms with E-state index in [0.717, 1.165) is 10.9 Å². The molecular weight excluding hydrogens is 434 g/mol. The first-order chi connectivity index (χ1) is 16.4. The Balaban J connectivity index is 1.56. The molecule has 0 aliphatic rings. The van der Waals surface area contributed by atoms with Crippen molar-refractivity contribution in [2.45, 2.75) is 45.9 Å². The minimum absolute atomic E-state index is 0.116. The van der Waals surface area contributed by atoms with Gasteiger partial charge in [-0.1, -0.05) is 44.2 Å². The molecule has 8 nitrogen and oxygen atoms in total. The van der Waals surface area contributed by atoms with Crippen LogP contribution in [0.5, 0.6) is 5.75 Å². The maximum atomic E-state index is 12.7. The Bertz CT molecular complexity index is 1130. The summed E-state index contributed by atoms with van der Waals surface area (Å²) in [6.45, 7) is 6.66. The number of aromatic nitrogens is 2. The van der Waals surface area contributed by atoms with Crippen LogP contribution in [0, 0.1) is 5.92 Å². The molecule has 2 atom stereocenters. The van der Waals surface area contributed by atoms with Gasteiger partial charge in [0.2, 0.25) is 5.91 Å². The smallest absolute Gasteiger partial charge is 0.274 e. The van der Waals surface area contributed by atoms with Gasteiger partial charge >= 0.3 is 0 Å². The summed E-state index contributed by atoms with van der Waals surface area (Å²) < 4.78 is 12.8. The first-order valence-corrected chi connectivity index (χ1v) is 11.6. The minimum atomic E-state index is -0.643. The molecule has 2 N–H and O–H groups in total. The Kier molecular flexibility index (Phi) is 9.18. The van der Waals surface area contributed by atoms with E-state index < -0.39 is 6.10 Å². The summed E-state index contributed by atoms with van der Waals surface area (Å²) in [5.41, 5.74) is 0.789. The first-order valence-electron chi connectivity index (χ1n) is 11.6. The summed E-state index contributed by atoms with van der Waals surface area (Å²) in [4.78, 5) is 25.2. The Hall–Kier alpha value is -3.23. The van der Waals surface area contributed by atoms with E-state index in [4.69, 9.17) is 9.47 Å². The second kappa shape index (κ2) is 12.3. The lowest BCUT2D eigenvalue weighted by Crippen LogP contribution is -2.47. The molecule has 1 unspecified atom stereocenters. The van der Waals surface area contributed by atoms with Gasteiger partial charge in [-0.3, -0.25) is 9.59 Å². The van der Waals surface area contributed by atoms with E-state index in [1.807, 2.05) is 63.2 Å². The molecule has 0 aliphatic heterocycles. The fraction of sp³-hybridized carbons (Fsp3) is 0.423. The van der Waals surface area contributed by atoms with Crippen molar-refractivity contribution in [2.24, 2.45) is 5.92 Å². The van der Waals surface area contributed by atoms with Crippen LogP contribution in [0.1, 0.15) is 26.3 Å². The number of hydrogen-bond acceptors (Lipinski definition) is 6. The molecule has 1 aromatic heterocycles. The van der Waals surface area contributed by atoms with E-state index in [0.29, 0.717) is 37.3 Å². The Morgan fingerprint density at radius 3 is 2.56 bits per heavy atom. The van der Waals surface area contributed by atoms with Crippen LogP contribution in [0.25, 0.3) is 10.8 Å². The summed E-state index contributed by atoms with van der Waals surface area (Å²) in [5, 5.41) is 18.0. The van der Waals surface area contributed by atoms with Gasteiger partial charge in [0, 0.05) is 18.4 Å². The molecule has 34 heavy (non-hydrogen) atoms. The molecule has 0 saturated carbocycles. The van der Waals surface area contributed by atoms with Gasteiger partial charge < -0.3 is 19.9 Å². The lowest BCUT2D eigenvalue weighted by atomic mass is 10.0. The van der Waals surface area contributed by atoms with Crippen molar-refractivity contribution < 1.29 is 19.4 Å². The second-order valence-corrected chi connectivity index (χ2v) is 8.44. The largest absolute Gasteiger partial charge is 0.492 e. The number of carbonyl (C=O) groups is 1. The second-order valence-electron chi connectivity index (χ2n) is 8.44.